The Balaban J connectivity index is 2.17. The van der Waals surface area contributed by atoms with Gasteiger partial charge < -0.3 is 10.1 Å². The summed E-state index contributed by atoms with van der Waals surface area (Å²) < 4.78 is 5.02. The van der Waals surface area contributed by atoms with Crippen molar-refractivity contribution >= 4 is 28.9 Å². The number of aryl methyl sites for hydroxylation is 1. The third-order valence-electron chi connectivity index (χ3n) is 3.66. The fraction of sp³-hybridized carbons (Fsp3) is 0.176. The molecule has 27 heavy (non-hydrogen) atoms. The molecule has 2 aromatic carbocycles. The SMILES string of the molecule is Cc1cccc([N+](=O)[O-])c1C(=O)OC(C)C(=O)Nc1ccccc1[N+](=O)[O-]. The Morgan fingerprint density at radius 3 is 2.22 bits per heavy atom. The van der Waals surface area contributed by atoms with E-state index in [0.29, 0.717) is 5.56 Å². The first-order chi connectivity index (χ1) is 12.7. The molecule has 1 atom stereocenters. The fourth-order valence-corrected chi connectivity index (χ4v) is 2.32. The van der Waals surface area contributed by atoms with E-state index in [1.54, 1.807) is 0 Å². The van der Waals surface area contributed by atoms with Crippen LogP contribution >= 0.6 is 0 Å². The highest BCUT2D eigenvalue weighted by molar-refractivity contribution is 6.00. The van der Waals surface area contributed by atoms with Crippen LogP contribution in [-0.2, 0) is 9.53 Å². The summed E-state index contributed by atoms with van der Waals surface area (Å²) in [4.78, 5) is 45.2. The van der Waals surface area contributed by atoms with E-state index in [0.717, 1.165) is 6.07 Å². The summed E-state index contributed by atoms with van der Waals surface area (Å²) >= 11 is 0. The van der Waals surface area contributed by atoms with Crippen LogP contribution in [0.5, 0.6) is 0 Å². The zero-order valence-electron chi connectivity index (χ0n) is 14.4. The van der Waals surface area contributed by atoms with Gasteiger partial charge in [-0.05, 0) is 25.5 Å². The number of para-hydroxylation sites is 2. The van der Waals surface area contributed by atoms with Crippen molar-refractivity contribution in [2.45, 2.75) is 20.0 Å². The lowest BCUT2D eigenvalue weighted by Crippen LogP contribution is -2.30. The van der Waals surface area contributed by atoms with Crippen LogP contribution in [0.25, 0.3) is 0 Å². The molecule has 0 saturated heterocycles. The number of rotatable bonds is 6. The molecule has 0 aliphatic carbocycles. The molecule has 2 aromatic rings. The fourth-order valence-electron chi connectivity index (χ4n) is 2.32. The van der Waals surface area contributed by atoms with Crippen LogP contribution in [0.3, 0.4) is 0 Å². The number of hydrogen-bond donors (Lipinski definition) is 1. The average Bonchev–Trinajstić information content (AvgIpc) is 2.61. The molecule has 1 unspecified atom stereocenters. The number of carbonyl (C=O) groups excluding carboxylic acids is 2. The third kappa shape index (κ3) is 4.42. The van der Waals surface area contributed by atoms with Gasteiger partial charge in [-0.3, -0.25) is 25.0 Å². The van der Waals surface area contributed by atoms with Gasteiger partial charge in [-0.15, -0.1) is 0 Å². The summed E-state index contributed by atoms with van der Waals surface area (Å²) in [6, 6.07) is 9.56. The first kappa shape index (κ1) is 19.5. The first-order valence-electron chi connectivity index (χ1n) is 7.71. The lowest BCUT2D eigenvalue weighted by atomic mass is 10.1. The number of ether oxygens (including phenoxy) is 1. The highest BCUT2D eigenvalue weighted by atomic mass is 16.6. The maximum absolute atomic E-state index is 12.3. The van der Waals surface area contributed by atoms with Crippen molar-refractivity contribution in [1.29, 1.82) is 0 Å². The minimum absolute atomic E-state index is 0.0581. The number of nitro benzene ring substituents is 2. The molecule has 0 aliphatic rings. The van der Waals surface area contributed by atoms with Crippen LogP contribution in [0.15, 0.2) is 42.5 Å². The molecule has 140 valence electrons. The number of esters is 1. The molecule has 1 N–H and O–H groups in total. The van der Waals surface area contributed by atoms with Gasteiger partial charge in [0.2, 0.25) is 0 Å². The number of nitrogens with one attached hydrogen (secondary N) is 1. The van der Waals surface area contributed by atoms with Gasteiger partial charge in [-0.2, -0.15) is 0 Å². The van der Waals surface area contributed by atoms with E-state index in [9.17, 15) is 29.8 Å². The van der Waals surface area contributed by atoms with Crippen LogP contribution in [-0.4, -0.2) is 27.8 Å². The van der Waals surface area contributed by atoms with Gasteiger partial charge in [0.1, 0.15) is 11.3 Å². The summed E-state index contributed by atoms with van der Waals surface area (Å²) in [6.45, 7) is 2.76. The summed E-state index contributed by atoms with van der Waals surface area (Å²) in [5, 5.41) is 24.4. The molecule has 0 aromatic heterocycles. The first-order valence-corrected chi connectivity index (χ1v) is 7.71. The Morgan fingerprint density at radius 1 is 1.00 bits per heavy atom. The Morgan fingerprint density at radius 2 is 1.59 bits per heavy atom. The lowest BCUT2D eigenvalue weighted by molar-refractivity contribution is -0.385. The standard InChI is InChI=1S/C17H15N3O7/c1-10-6-5-9-14(20(25)26)15(10)17(22)27-11(2)16(21)18-12-7-3-4-8-13(12)19(23)24/h3-9,11H,1-2H3,(H,18,21). The smallest absolute Gasteiger partial charge is 0.346 e. The van der Waals surface area contributed by atoms with Gasteiger partial charge in [-0.1, -0.05) is 24.3 Å². The van der Waals surface area contributed by atoms with Gasteiger partial charge in [-0.25, -0.2) is 4.79 Å². The number of hydrogen-bond acceptors (Lipinski definition) is 7. The van der Waals surface area contributed by atoms with Gasteiger partial charge in [0.25, 0.3) is 17.3 Å². The number of nitro groups is 2. The Bertz CT molecular complexity index is 926. The zero-order valence-corrected chi connectivity index (χ0v) is 14.4. The Labute approximate surface area is 153 Å². The Kier molecular flexibility index (Phi) is 5.81. The second kappa shape index (κ2) is 8.04. The van der Waals surface area contributed by atoms with E-state index in [1.807, 2.05) is 0 Å². The van der Waals surface area contributed by atoms with Crippen molar-refractivity contribution in [2.24, 2.45) is 0 Å². The molecule has 0 fully saturated rings. The summed E-state index contributed by atoms with van der Waals surface area (Å²) in [6.07, 6.45) is -1.34. The van der Waals surface area contributed by atoms with E-state index in [-0.39, 0.29) is 16.9 Å². The van der Waals surface area contributed by atoms with E-state index in [4.69, 9.17) is 4.74 Å². The molecule has 2 rings (SSSR count). The predicted octanol–water partition coefficient (Wildman–Crippen LogP) is 3.00. The molecular weight excluding hydrogens is 358 g/mol. The molecule has 0 aliphatic heterocycles. The van der Waals surface area contributed by atoms with Crippen molar-refractivity contribution in [2.75, 3.05) is 5.32 Å². The lowest BCUT2D eigenvalue weighted by Gasteiger charge is -2.14. The number of nitrogens with zero attached hydrogens (tertiary/aromatic N) is 2. The predicted molar refractivity (Wildman–Crippen MR) is 94.4 cm³/mol. The van der Waals surface area contributed by atoms with Crippen LogP contribution in [0, 0.1) is 27.2 Å². The van der Waals surface area contributed by atoms with Gasteiger partial charge >= 0.3 is 5.97 Å². The molecule has 0 radical (unpaired) electrons. The van der Waals surface area contributed by atoms with E-state index >= 15 is 0 Å². The van der Waals surface area contributed by atoms with Gasteiger partial charge in [0.05, 0.1) is 9.85 Å². The average molecular weight is 373 g/mol. The number of amides is 1. The number of benzene rings is 2. The van der Waals surface area contributed by atoms with Gasteiger partial charge in [0.15, 0.2) is 6.10 Å². The van der Waals surface area contributed by atoms with Crippen molar-refractivity contribution in [3.05, 3.63) is 73.8 Å². The summed E-state index contributed by atoms with van der Waals surface area (Å²) in [5.74, 6) is -1.85. The molecule has 1 amide bonds. The van der Waals surface area contributed by atoms with Crippen LogP contribution in [0.1, 0.15) is 22.8 Å². The molecule has 0 heterocycles. The normalized spacial score (nSPS) is 11.3. The van der Waals surface area contributed by atoms with Crippen molar-refractivity contribution in [3.63, 3.8) is 0 Å². The topological polar surface area (TPSA) is 142 Å². The van der Waals surface area contributed by atoms with Gasteiger partial charge in [0, 0.05) is 12.1 Å². The largest absolute Gasteiger partial charge is 0.449 e. The molecule has 0 saturated carbocycles. The van der Waals surface area contributed by atoms with Crippen LogP contribution < -0.4 is 5.32 Å². The maximum atomic E-state index is 12.3. The van der Waals surface area contributed by atoms with Crippen molar-refractivity contribution in [1.82, 2.24) is 0 Å². The second-order valence-electron chi connectivity index (χ2n) is 5.54. The number of carbonyl (C=O) groups is 2. The van der Waals surface area contributed by atoms with E-state index in [1.165, 1.54) is 50.2 Å². The monoisotopic (exact) mass is 373 g/mol. The highest BCUT2D eigenvalue weighted by Gasteiger charge is 2.27. The minimum Gasteiger partial charge on any atom is -0.449 e. The number of anilines is 1. The molecule has 0 bridgehead atoms. The third-order valence-corrected chi connectivity index (χ3v) is 3.66. The second-order valence-corrected chi connectivity index (χ2v) is 5.54. The summed E-state index contributed by atoms with van der Waals surface area (Å²) in [5.41, 5.74) is -0.754. The minimum atomic E-state index is -1.34. The van der Waals surface area contributed by atoms with Crippen molar-refractivity contribution < 1.29 is 24.2 Å². The Hall–Kier alpha value is -3.82. The molecule has 10 heteroatoms. The molecule has 0 spiro atoms. The van der Waals surface area contributed by atoms with Crippen LogP contribution in [0.2, 0.25) is 0 Å². The highest BCUT2D eigenvalue weighted by Crippen LogP contribution is 2.25. The summed E-state index contributed by atoms with van der Waals surface area (Å²) in [7, 11) is 0. The van der Waals surface area contributed by atoms with E-state index in [2.05, 4.69) is 5.32 Å². The quantitative estimate of drug-likeness (QED) is 0.466. The van der Waals surface area contributed by atoms with Crippen LogP contribution in [0.4, 0.5) is 17.1 Å². The maximum Gasteiger partial charge on any atom is 0.346 e. The van der Waals surface area contributed by atoms with E-state index < -0.39 is 33.5 Å². The van der Waals surface area contributed by atoms with Crippen molar-refractivity contribution in [3.8, 4) is 0 Å². The zero-order chi connectivity index (χ0) is 20.1. The molecular formula is C17H15N3O7. The molecule has 10 nitrogen and oxygen atoms in total.